The SMILES string of the molecule is Cc1ccc(CC(O)c2ccc3ncccc3c2)cc1. The van der Waals surface area contributed by atoms with E-state index in [1.807, 2.05) is 30.3 Å². The molecule has 0 aliphatic carbocycles. The molecule has 3 rings (SSSR count). The normalized spacial score (nSPS) is 12.5. The molecule has 0 bridgehead atoms. The van der Waals surface area contributed by atoms with Crippen LogP contribution in [0, 0.1) is 6.92 Å². The lowest BCUT2D eigenvalue weighted by Crippen LogP contribution is -2.01. The Morgan fingerprint density at radius 2 is 1.85 bits per heavy atom. The molecular formula is C18H17NO. The Kier molecular flexibility index (Phi) is 3.48. The predicted octanol–water partition coefficient (Wildman–Crippen LogP) is 3.82. The summed E-state index contributed by atoms with van der Waals surface area (Å²) >= 11 is 0. The molecule has 1 aromatic heterocycles. The summed E-state index contributed by atoms with van der Waals surface area (Å²) < 4.78 is 0. The summed E-state index contributed by atoms with van der Waals surface area (Å²) in [7, 11) is 0. The first-order valence-electron chi connectivity index (χ1n) is 6.81. The van der Waals surface area contributed by atoms with Crippen molar-refractivity contribution in [2.24, 2.45) is 0 Å². The Labute approximate surface area is 118 Å². The lowest BCUT2D eigenvalue weighted by molar-refractivity contribution is 0.178. The van der Waals surface area contributed by atoms with Crippen molar-refractivity contribution in [3.05, 3.63) is 77.5 Å². The molecule has 20 heavy (non-hydrogen) atoms. The third-order valence-electron chi connectivity index (χ3n) is 3.56. The van der Waals surface area contributed by atoms with Gasteiger partial charge in [0.25, 0.3) is 0 Å². The summed E-state index contributed by atoms with van der Waals surface area (Å²) in [4.78, 5) is 4.29. The van der Waals surface area contributed by atoms with Crippen LogP contribution in [0.2, 0.25) is 0 Å². The molecule has 0 spiro atoms. The molecule has 1 atom stereocenters. The fourth-order valence-corrected chi connectivity index (χ4v) is 2.37. The number of aliphatic hydroxyl groups excluding tert-OH is 1. The number of benzene rings is 2. The standard InChI is InChI=1S/C18H17NO/c1-13-4-6-14(7-5-13)11-18(20)16-8-9-17-15(12-16)3-2-10-19-17/h2-10,12,18,20H,11H2,1H3. The number of fused-ring (bicyclic) bond motifs is 1. The smallest absolute Gasteiger partial charge is 0.0830 e. The molecule has 1 N–H and O–H groups in total. The zero-order valence-corrected chi connectivity index (χ0v) is 11.5. The zero-order chi connectivity index (χ0) is 13.9. The number of hydrogen-bond donors (Lipinski definition) is 1. The number of nitrogens with zero attached hydrogens (tertiary/aromatic N) is 1. The first-order chi connectivity index (χ1) is 9.72. The van der Waals surface area contributed by atoms with E-state index < -0.39 is 6.10 Å². The van der Waals surface area contributed by atoms with E-state index in [1.165, 1.54) is 5.56 Å². The largest absolute Gasteiger partial charge is 0.388 e. The summed E-state index contributed by atoms with van der Waals surface area (Å²) in [5.74, 6) is 0. The van der Waals surface area contributed by atoms with E-state index >= 15 is 0 Å². The van der Waals surface area contributed by atoms with Crippen LogP contribution in [0.25, 0.3) is 10.9 Å². The molecule has 0 amide bonds. The molecule has 0 aliphatic rings. The maximum Gasteiger partial charge on any atom is 0.0830 e. The molecular weight excluding hydrogens is 246 g/mol. The van der Waals surface area contributed by atoms with Crippen LogP contribution in [0.5, 0.6) is 0 Å². The molecule has 0 aliphatic heterocycles. The van der Waals surface area contributed by atoms with E-state index in [-0.39, 0.29) is 0 Å². The van der Waals surface area contributed by atoms with Gasteiger partial charge in [0.1, 0.15) is 0 Å². The van der Waals surface area contributed by atoms with Gasteiger partial charge in [0, 0.05) is 18.0 Å². The molecule has 0 fully saturated rings. The van der Waals surface area contributed by atoms with Crippen LogP contribution in [0.1, 0.15) is 22.8 Å². The molecule has 1 heterocycles. The van der Waals surface area contributed by atoms with E-state index in [2.05, 4.69) is 36.2 Å². The lowest BCUT2D eigenvalue weighted by Gasteiger charge is -2.12. The minimum atomic E-state index is -0.484. The van der Waals surface area contributed by atoms with Gasteiger partial charge >= 0.3 is 0 Å². The highest BCUT2D eigenvalue weighted by atomic mass is 16.3. The number of aliphatic hydroxyl groups is 1. The second-order valence-corrected chi connectivity index (χ2v) is 5.16. The monoisotopic (exact) mass is 263 g/mol. The molecule has 1 unspecified atom stereocenters. The van der Waals surface area contributed by atoms with Gasteiger partial charge in [-0.25, -0.2) is 0 Å². The topological polar surface area (TPSA) is 33.1 Å². The highest BCUT2D eigenvalue weighted by Gasteiger charge is 2.09. The quantitative estimate of drug-likeness (QED) is 0.779. The first kappa shape index (κ1) is 12.8. The van der Waals surface area contributed by atoms with E-state index in [1.54, 1.807) is 6.20 Å². The minimum absolute atomic E-state index is 0.484. The molecule has 3 aromatic rings. The lowest BCUT2D eigenvalue weighted by atomic mass is 9.99. The summed E-state index contributed by atoms with van der Waals surface area (Å²) in [6, 6.07) is 18.2. The van der Waals surface area contributed by atoms with Gasteiger partial charge in [-0.05, 0) is 36.2 Å². The number of pyridine rings is 1. The van der Waals surface area contributed by atoms with Gasteiger partial charge < -0.3 is 5.11 Å². The van der Waals surface area contributed by atoms with E-state index in [9.17, 15) is 5.11 Å². The highest BCUT2D eigenvalue weighted by Crippen LogP contribution is 2.22. The molecule has 2 aromatic carbocycles. The maximum atomic E-state index is 10.4. The third-order valence-corrected chi connectivity index (χ3v) is 3.56. The van der Waals surface area contributed by atoms with Crippen molar-refractivity contribution in [2.45, 2.75) is 19.4 Å². The fourth-order valence-electron chi connectivity index (χ4n) is 2.37. The number of aromatic nitrogens is 1. The van der Waals surface area contributed by atoms with E-state index in [0.29, 0.717) is 6.42 Å². The number of hydrogen-bond acceptors (Lipinski definition) is 2. The van der Waals surface area contributed by atoms with Gasteiger partial charge in [-0.3, -0.25) is 4.98 Å². The van der Waals surface area contributed by atoms with Gasteiger partial charge in [0.05, 0.1) is 11.6 Å². The molecule has 0 saturated heterocycles. The van der Waals surface area contributed by atoms with Crippen molar-refractivity contribution >= 4 is 10.9 Å². The summed E-state index contributed by atoms with van der Waals surface area (Å²) in [5.41, 5.74) is 4.28. The maximum absolute atomic E-state index is 10.4. The number of rotatable bonds is 3. The average Bonchev–Trinajstić information content (AvgIpc) is 2.49. The van der Waals surface area contributed by atoms with E-state index in [0.717, 1.165) is 22.0 Å². The van der Waals surface area contributed by atoms with Crippen molar-refractivity contribution in [2.75, 3.05) is 0 Å². The zero-order valence-electron chi connectivity index (χ0n) is 11.5. The Bertz CT molecular complexity index is 719. The average molecular weight is 263 g/mol. The van der Waals surface area contributed by atoms with Gasteiger partial charge in [-0.1, -0.05) is 42.0 Å². The molecule has 2 nitrogen and oxygen atoms in total. The van der Waals surface area contributed by atoms with Crippen molar-refractivity contribution in [3.8, 4) is 0 Å². The van der Waals surface area contributed by atoms with Gasteiger partial charge in [-0.2, -0.15) is 0 Å². The van der Waals surface area contributed by atoms with Gasteiger partial charge in [0.15, 0.2) is 0 Å². The Morgan fingerprint density at radius 3 is 2.65 bits per heavy atom. The van der Waals surface area contributed by atoms with Crippen LogP contribution >= 0.6 is 0 Å². The van der Waals surface area contributed by atoms with Crippen LogP contribution in [0.15, 0.2) is 60.8 Å². The Hall–Kier alpha value is -2.19. The van der Waals surface area contributed by atoms with Crippen LogP contribution in [0.3, 0.4) is 0 Å². The fraction of sp³-hybridized carbons (Fsp3) is 0.167. The molecule has 2 heteroatoms. The summed E-state index contributed by atoms with van der Waals surface area (Å²) in [6.07, 6.45) is 1.93. The van der Waals surface area contributed by atoms with Crippen molar-refractivity contribution in [1.29, 1.82) is 0 Å². The highest BCUT2D eigenvalue weighted by molar-refractivity contribution is 5.79. The van der Waals surface area contributed by atoms with Crippen LogP contribution in [0.4, 0.5) is 0 Å². The van der Waals surface area contributed by atoms with Crippen molar-refractivity contribution < 1.29 is 5.11 Å². The number of aryl methyl sites for hydroxylation is 1. The molecule has 0 saturated carbocycles. The second kappa shape index (κ2) is 5.43. The Morgan fingerprint density at radius 1 is 1.05 bits per heavy atom. The molecule has 0 radical (unpaired) electrons. The minimum Gasteiger partial charge on any atom is -0.388 e. The third kappa shape index (κ3) is 2.70. The van der Waals surface area contributed by atoms with Crippen molar-refractivity contribution in [1.82, 2.24) is 4.98 Å². The van der Waals surface area contributed by atoms with E-state index in [4.69, 9.17) is 0 Å². The van der Waals surface area contributed by atoms with Crippen LogP contribution < -0.4 is 0 Å². The Balaban J connectivity index is 1.84. The predicted molar refractivity (Wildman–Crippen MR) is 81.6 cm³/mol. The summed E-state index contributed by atoms with van der Waals surface area (Å²) in [5, 5.41) is 11.4. The van der Waals surface area contributed by atoms with Crippen LogP contribution in [-0.2, 0) is 6.42 Å². The van der Waals surface area contributed by atoms with Gasteiger partial charge in [0.2, 0.25) is 0 Å². The van der Waals surface area contributed by atoms with Crippen LogP contribution in [-0.4, -0.2) is 10.1 Å². The summed E-state index contributed by atoms with van der Waals surface area (Å²) in [6.45, 7) is 2.07. The second-order valence-electron chi connectivity index (χ2n) is 5.16. The molecule has 100 valence electrons. The first-order valence-corrected chi connectivity index (χ1v) is 6.81. The van der Waals surface area contributed by atoms with Crippen molar-refractivity contribution in [3.63, 3.8) is 0 Å². The van der Waals surface area contributed by atoms with Gasteiger partial charge in [-0.15, -0.1) is 0 Å².